The molecule has 0 saturated carbocycles. The van der Waals surface area contributed by atoms with E-state index in [1.165, 1.54) is 43.5 Å². The van der Waals surface area contributed by atoms with Crippen molar-refractivity contribution >= 4 is 17.6 Å². The van der Waals surface area contributed by atoms with Crippen LogP contribution in [0.4, 0.5) is 14.9 Å². The van der Waals surface area contributed by atoms with E-state index in [1.807, 2.05) is 11.4 Å². The van der Waals surface area contributed by atoms with Gasteiger partial charge in [-0.15, -0.1) is 0 Å². The number of hydrogen-bond acceptors (Lipinski definition) is 5. The zero-order valence-electron chi connectivity index (χ0n) is 13.2. The number of methoxy groups -OCH3 is 1. The fraction of sp³-hybridized carbons (Fsp3) is 0.118. The van der Waals surface area contributed by atoms with Crippen molar-refractivity contribution in [2.75, 3.05) is 19.0 Å². The van der Waals surface area contributed by atoms with E-state index in [9.17, 15) is 14.0 Å². The molecule has 0 heterocycles. The molecule has 0 aliphatic heterocycles. The molecule has 25 heavy (non-hydrogen) atoms. The Kier molecular flexibility index (Phi) is 5.90. The van der Waals surface area contributed by atoms with Gasteiger partial charge in [-0.05, 0) is 24.3 Å². The maximum absolute atomic E-state index is 13.4. The lowest BCUT2D eigenvalue weighted by Crippen LogP contribution is -2.37. The molecule has 8 heteroatoms. The van der Waals surface area contributed by atoms with Crippen molar-refractivity contribution in [3.8, 4) is 17.6 Å². The van der Waals surface area contributed by atoms with Crippen LogP contribution in [0.15, 0.2) is 42.5 Å². The second kappa shape index (κ2) is 8.31. The maximum Gasteiger partial charge on any atom is 0.326 e. The zero-order chi connectivity index (χ0) is 18.2. The standard InChI is InChI=1S/C17H14FN3O4/c1-24-15-8-11(9-19)6-7-14(15)25-10-16(22)21-17(23)20-13-5-3-2-4-12(13)18/h2-8H,10H2,1H3,(H2,20,21,22,23). The number of nitrogens with zero attached hydrogens (tertiary/aromatic N) is 1. The van der Waals surface area contributed by atoms with Gasteiger partial charge >= 0.3 is 6.03 Å². The highest BCUT2D eigenvalue weighted by molar-refractivity contribution is 6.01. The third-order valence-corrected chi connectivity index (χ3v) is 3.03. The highest BCUT2D eigenvalue weighted by atomic mass is 19.1. The molecule has 0 aromatic heterocycles. The molecule has 2 rings (SSSR count). The lowest BCUT2D eigenvalue weighted by atomic mass is 10.2. The number of benzene rings is 2. The molecule has 0 bridgehead atoms. The van der Waals surface area contributed by atoms with E-state index in [2.05, 4.69) is 5.32 Å². The molecule has 0 aliphatic rings. The molecule has 0 atom stereocenters. The molecule has 0 fully saturated rings. The fourth-order valence-electron chi connectivity index (χ4n) is 1.88. The number of nitrogens with one attached hydrogen (secondary N) is 2. The highest BCUT2D eigenvalue weighted by Gasteiger charge is 2.12. The van der Waals surface area contributed by atoms with Gasteiger partial charge in [0.15, 0.2) is 18.1 Å². The number of carbonyl (C=O) groups is 2. The van der Waals surface area contributed by atoms with Gasteiger partial charge in [-0.25, -0.2) is 9.18 Å². The van der Waals surface area contributed by atoms with Crippen molar-refractivity contribution in [3.63, 3.8) is 0 Å². The van der Waals surface area contributed by atoms with Gasteiger partial charge in [-0.2, -0.15) is 5.26 Å². The van der Waals surface area contributed by atoms with Gasteiger partial charge in [-0.3, -0.25) is 10.1 Å². The first-order valence-electron chi connectivity index (χ1n) is 7.09. The van der Waals surface area contributed by atoms with E-state index in [-0.39, 0.29) is 17.2 Å². The van der Waals surface area contributed by atoms with Crippen LogP contribution in [0.1, 0.15) is 5.56 Å². The molecule has 0 saturated heterocycles. The first-order chi connectivity index (χ1) is 12.0. The number of ether oxygens (including phenoxy) is 2. The molecule has 2 aromatic carbocycles. The minimum atomic E-state index is -0.884. The van der Waals surface area contributed by atoms with Crippen LogP contribution in [0.3, 0.4) is 0 Å². The van der Waals surface area contributed by atoms with E-state index in [0.29, 0.717) is 5.56 Å². The molecule has 0 unspecified atom stereocenters. The topological polar surface area (TPSA) is 100 Å². The van der Waals surface area contributed by atoms with Crippen molar-refractivity contribution in [2.24, 2.45) is 0 Å². The number of carbonyl (C=O) groups excluding carboxylic acids is 2. The van der Waals surface area contributed by atoms with Crippen LogP contribution in [-0.2, 0) is 4.79 Å². The summed E-state index contributed by atoms with van der Waals surface area (Å²) in [6.45, 7) is -0.465. The molecule has 0 spiro atoms. The summed E-state index contributed by atoms with van der Waals surface area (Å²) in [6.07, 6.45) is 0. The van der Waals surface area contributed by atoms with Gasteiger partial charge in [0.25, 0.3) is 5.91 Å². The second-order valence-electron chi connectivity index (χ2n) is 4.75. The van der Waals surface area contributed by atoms with Crippen LogP contribution in [0, 0.1) is 17.1 Å². The second-order valence-corrected chi connectivity index (χ2v) is 4.75. The number of nitriles is 1. The summed E-state index contributed by atoms with van der Waals surface area (Å²) in [4.78, 5) is 23.4. The third kappa shape index (κ3) is 4.94. The van der Waals surface area contributed by atoms with Gasteiger partial charge in [-0.1, -0.05) is 12.1 Å². The first kappa shape index (κ1) is 17.7. The predicted molar refractivity (Wildman–Crippen MR) is 86.8 cm³/mol. The van der Waals surface area contributed by atoms with E-state index in [0.717, 1.165) is 0 Å². The number of rotatable bonds is 5. The van der Waals surface area contributed by atoms with Gasteiger partial charge in [0.1, 0.15) is 5.82 Å². The first-order valence-corrected chi connectivity index (χ1v) is 7.09. The van der Waals surface area contributed by atoms with Gasteiger partial charge < -0.3 is 14.8 Å². The molecule has 3 amide bonds. The van der Waals surface area contributed by atoms with Gasteiger partial charge in [0, 0.05) is 6.07 Å². The molecular formula is C17H14FN3O4. The Bertz CT molecular complexity index is 833. The smallest absolute Gasteiger partial charge is 0.326 e. The Morgan fingerprint density at radius 3 is 2.64 bits per heavy atom. The van der Waals surface area contributed by atoms with E-state index < -0.39 is 24.4 Å². The van der Waals surface area contributed by atoms with Crippen LogP contribution < -0.4 is 20.1 Å². The zero-order valence-corrected chi connectivity index (χ0v) is 13.2. The predicted octanol–water partition coefficient (Wildman–Crippen LogP) is 2.43. The summed E-state index contributed by atoms with van der Waals surface area (Å²) >= 11 is 0. The van der Waals surface area contributed by atoms with Crippen LogP contribution in [-0.4, -0.2) is 25.7 Å². The summed E-state index contributed by atoms with van der Waals surface area (Å²) in [6, 6.07) is 11.1. The Balaban J connectivity index is 1.90. The largest absolute Gasteiger partial charge is 0.493 e. The maximum atomic E-state index is 13.4. The summed E-state index contributed by atoms with van der Waals surface area (Å²) in [5, 5.41) is 13.1. The van der Waals surface area contributed by atoms with Crippen molar-refractivity contribution in [1.82, 2.24) is 5.32 Å². The fourth-order valence-corrected chi connectivity index (χ4v) is 1.88. The average molecular weight is 343 g/mol. The number of imide groups is 1. The summed E-state index contributed by atoms with van der Waals surface area (Å²) < 4.78 is 23.7. The third-order valence-electron chi connectivity index (χ3n) is 3.03. The van der Waals surface area contributed by atoms with Crippen molar-refractivity contribution in [1.29, 1.82) is 5.26 Å². The van der Waals surface area contributed by atoms with Gasteiger partial charge in [0.2, 0.25) is 0 Å². The Hall–Kier alpha value is -3.60. The average Bonchev–Trinajstić information content (AvgIpc) is 2.61. The Morgan fingerprint density at radius 2 is 1.96 bits per heavy atom. The molecule has 7 nitrogen and oxygen atoms in total. The van der Waals surface area contributed by atoms with Crippen LogP contribution >= 0.6 is 0 Å². The summed E-state index contributed by atoms with van der Waals surface area (Å²) in [5.74, 6) is -0.835. The monoisotopic (exact) mass is 343 g/mol. The Labute approximate surface area is 143 Å². The van der Waals surface area contributed by atoms with Gasteiger partial charge in [0.05, 0.1) is 24.4 Å². The molecule has 0 radical (unpaired) electrons. The lowest BCUT2D eigenvalue weighted by Gasteiger charge is -2.11. The highest BCUT2D eigenvalue weighted by Crippen LogP contribution is 2.27. The van der Waals surface area contributed by atoms with E-state index >= 15 is 0 Å². The minimum absolute atomic E-state index is 0.0533. The lowest BCUT2D eigenvalue weighted by molar-refractivity contribution is -0.121. The summed E-state index contributed by atoms with van der Waals surface area (Å²) in [7, 11) is 1.39. The normalized spacial score (nSPS) is 9.64. The number of anilines is 1. The summed E-state index contributed by atoms with van der Waals surface area (Å²) in [5.41, 5.74) is 0.320. The molecule has 2 aromatic rings. The van der Waals surface area contributed by atoms with Crippen molar-refractivity contribution in [3.05, 3.63) is 53.8 Å². The van der Waals surface area contributed by atoms with Crippen LogP contribution in [0.5, 0.6) is 11.5 Å². The molecule has 2 N–H and O–H groups in total. The molecule has 128 valence electrons. The number of amides is 3. The molecule has 0 aliphatic carbocycles. The van der Waals surface area contributed by atoms with E-state index in [1.54, 1.807) is 6.07 Å². The quantitative estimate of drug-likeness (QED) is 0.868. The number of hydrogen-bond donors (Lipinski definition) is 2. The number of urea groups is 1. The minimum Gasteiger partial charge on any atom is -0.493 e. The number of para-hydroxylation sites is 1. The van der Waals surface area contributed by atoms with Crippen LogP contribution in [0.25, 0.3) is 0 Å². The SMILES string of the molecule is COc1cc(C#N)ccc1OCC(=O)NC(=O)Nc1ccccc1F. The van der Waals surface area contributed by atoms with E-state index in [4.69, 9.17) is 14.7 Å². The number of halogens is 1. The molecular weight excluding hydrogens is 329 g/mol. The Morgan fingerprint density at radius 1 is 1.20 bits per heavy atom. The van der Waals surface area contributed by atoms with Crippen molar-refractivity contribution < 1.29 is 23.5 Å². The van der Waals surface area contributed by atoms with Crippen molar-refractivity contribution in [2.45, 2.75) is 0 Å². The van der Waals surface area contributed by atoms with Crippen LogP contribution in [0.2, 0.25) is 0 Å².